The number of carboxylic acids is 1. The molecular formula is C13H9N3O2. The van der Waals surface area contributed by atoms with Crippen molar-refractivity contribution < 1.29 is 9.90 Å². The molecule has 1 heterocycles. The van der Waals surface area contributed by atoms with E-state index in [-0.39, 0.29) is 5.56 Å². The van der Waals surface area contributed by atoms with Crippen LogP contribution in [0.3, 0.4) is 0 Å². The molecule has 0 bridgehead atoms. The molecule has 1 N–H and O–H groups in total. The second kappa shape index (κ2) is 3.96. The molecule has 0 spiro atoms. The van der Waals surface area contributed by atoms with E-state index in [1.54, 1.807) is 18.2 Å². The van der Waals surface area contributed by atoms with Gasteiger partial charge in [-0.05, 0) is 24.3 Å². The van der Waals surface area contributed by atoms with Crippen molar-refractivity contribution in [1.29, 1.82) is 0 Å². The SMILES string of the molecule is O=C(O)c1ccccc1-n1nc2ccccc2n1. The first-order chi connectivity index (χ1) is 8.75. The van der Waals surface area contributed by atoms with Gasteiger partial charge in [-0.3, -0.25) is 0 Å². The summed E-state index contributed by atoms with van der Waals surface area (Å²) in [4.78, 5) is 12.5. The maximum absolute atomic E-state index is 11.1. The van der Waals surface area contributed by atoms with E-state index in [9.17, 15) is 4.79 Å². The molecule has 5 heteroatoms. The van der Waals surface area contributed by atoms with Crippen molar-refractivity contribution in [3.8, 4) is 5.69 Å². The van der Waals surface area contributed by atoms with E-state index in [0.717, 1.165) is 11.0 Å². The first-order valence-electron chi connectivity index (χ1n) is 5.40. The summed E-state index contributed by atoms with van der Waals surface area (Å²) in [7, 11) is 0. The van der Waals surface area contributed by atoms with Crippen molar-refractivity contribution >= 4 is 17.0 Å². The third-order valence-electron chi connectivity index (χ3n) is 2.64. The number of hydrogen-bond acceptors (Lipinski definition) is 3. The fourth-order valence-electron chi connectivity index (χ4n) is 1.80. The molecule has 0 amide bonds. The monoisotopic (exact) mass is 239 g/mol. The smallest absolute Gasteiger partial charge is 0.337 e. The van der Waals surface area contributed by atoms with Gasteiger partial charge < -0.3 is 5.11 Å². The zero-order valence-electron chi connectivity index (χ0n) is 9.32. The zero-order chi connectivity index (χ0) is 12.5. The number of carboxylic acid groups (broad SMARTS) is 1. The van der Waals surface area contributed by atoms with Gasteiger partial charge in [0.1, 0.15) is 16.7 Å². The van der Waals surface area contributed by atoms with Crippen molar-refractivity contribution in [1.82, 2.24) is 15.0 Å². The van der Waals surface area contributed by atoms with E-state index < -0.39 is 5.97 Å². The lowest BCUT2D eigenvalue weighted by Crippen LogP contribution is -2.07. The lowest BCUT2D eigenvalue weighted by atomic mass is 10.2. The molecule has 0 saturated heterocycles. The normalized spacial score (nSPS) is 10.7. The van der Waals surface area contributed by atoms with E-state index in [2.05, 4.69) is 10.2 Å². The summed E-state index contributed by atoms with van der Waals surface area (Å²) in [6.07, 6.45) is 0. The maximum Gasteiger partial charge on any atom is 0.337 e. The summed E-state index contributed by atoms with van der Waals surface area (Å²) in [5, 5.41) is 17.7. The Morgan fingerprint density at radius 1 is 0.944 bits per heavy atom. The number of carbonyl (C=O) groups is 1. The number of hydrogen-bond donors (Lipinski definition) is 1. The predicted octanol–water partition coefficient (Wildman–Crippen LogP) is 2.12. The van der Waals surface area contributed by atoms with Crippen LogP contribution in [-0.4, -0.2) is 26.1 Å². The highest BCUT2D eigenvalue weighted by atomic mass is 16.4. The van der Waals surface area contributed by atoms with E-state index in [0.29, 0.717) is 5.69 Å². The second-order valence-electron chi connectivity index (χ2n) is 3.80. The summed E-state index contributed by atoms with van der Waals surface area (Å²) in [6.45, 7) is 0. The zero-order valence-corrected chi connectivity index (χ0v) is 9.32. The summed E-state index contributed by atoms with van der Waals surface area (Å²) < 4.78 is 0. The van der Waals surface area contributed by atoms with Crippen molar-refractivity contribution in [3.05, 3.63) is 54.1 Å². The van der Waals surface area contributed by atoms with Crippen molar-refractivity contribution in [2.24, 2.45) is 0 Å². The highest BCUT2D eigenvalue weighted by Crippen LogP contribution is 2.15. The summed E-state index contributed by atoms with van der Waals surface area (Å²) in [6, 6.07) is 14.1. The molecule has 0 unspecified atom stereocenters. The number of benzene rings is 2. The van der Waals surface area contributed by atoms with Gasteiger partial charge in [0, 0.05) is 0 Å². The molecule has 1 aromatic heterocycles. The van der Waals surface area contributed by atoms with E-state index in [1.807, 2.05) is 24.3 Å². The maximum atomic E-state index is 11.1. The third-order valence-corrected chi connectivity index (χ3v) is 2.64. The van der Waals surface area contributed by atoms with Crippen molar-refractivity contribution in [2.75, 3.05) is 0 Å². The van der Waals surface area contributed by atoms with Crippen LogP contribution in [-0.2, 0) is 0 Å². The first kappa shape index (κ1) is 10.5. The van der Waals surface area contributed by atoms with Gasteiger partial charge in [0.15, 0.2) is 0 Å². The summed E-state index contributed by atoms with van der Waals surface area (Å²) in [5.74, 6) is -0.994. The fraction of sp³-hybridized carbons (Fsp3) is 0. The topological polar surface area (TPSA) is 68.0 Å². The molecule has 0 radical (unpaired) electrons. The minimum absolute atomic E-state index is 0.179. The predicted molar refractivity (Wildman–Crippen MR) is 65.8 cm³/mol. The molecule has 0 saturated carbocycles. The molecule has 0 fully saturated rings. The Morgan fingerprint density at radius 2 is 1.50 bits per heavy atom. The number of fused-ring (bicyclic) bond motifs is 1. The molecule has 0 aliphatic heterocycles. The average Bonchev–Trinajstić information content (AvgIpc) is 2.82. The fourth-order valence-corrected chi connectivity index (χ4v) is 1.80. The van der Waals surface area contributed by atoms with Crippen LogP contribution < -0.4 is 0 Å². The van der Waals surface area contributed by atoms with Crippen molar-refractivity contribution in [3.63, 3.8) is 0 Å². The Balaban J connectivity index is 2.23. The highest BCUT2D eigenvalue weighted by Gasteiger charge is 2.12. The number of rotatable bonds is 2. The molecule has 5 nitrogen and oxygen atoms in total. The number of nitrogens with zero attached hydrogens (tertiary/aromatic N) is 3. The van der Waals surface area contributed by atoms with Crippen LogP contribution in [0.5, 0.6) is 0 Å². The van der Waals surface area contributed by atoms with Gasteiger partial charge in [0.2, 0.25) is 0 Å². The van der Waals surface area contributed by atoms with E-state index in [1.165, 1.54) is 10.9 Å². The molecule has 0 atom stereocenters. The van der Waals surface area contributed by atoms with Gasteiger partial charge in [-0.1, -0.05) is 24.3 Å². The van der Waals surface area contributed by atoms with Gasteiger partial charge in [-0.2, -0.15) is 0 Å². The molecular weight excluding hydrogens is 230 g/mol. The largest absolute Gasteiger partial charge is 0.478 e. The third kappa shape index (κ3) is 1.62. The van der Waals surface area contributed by atoms with Gasteiger partial charge in [-0.25, -0.2) is 4.79 Å². The van der Waals surface area contributed by atoms with Crippen LogP contribution in [0.4, 0.5) is 0 Å². The number of aromatic carboxylic acids is 1. The Labute approximate surface area is 102 Å². The Bertz CT molecular complexity index is 701. The molecule has 0 aliphatic rings. The van der Waals surface area contributed by atoms with E-state index >= 15 is 0 Å². The summed E-state index contributed by atoms with van der Waals surface area (Å²) >= 11 is 0. The van der Waals surface area contributed by atoms with Gasteiger partial charge in [-0.15, -0.1) is 15.0 Å². The van der Waals surface area contributed by atoms with Crippen LogP contribution in [0, 0.1) is 0 Å². The Hall–Kier alpha value is -2.69. The molecule has 18 heavy (non-hydrogen) atoms. The molecule has 0 aliphatic carbocycles. The van der Waals surface area contributed by atoms with Crippen molar-refractivity contribution in [2.45, 2.75) is 0 Å². The standard InChI is InChI=1S/C13H9N3O2/c17-13(18)9-5-1-4-8-12(9)16-14-10-6-2-3-7-11(10)15-16/h1-8H,(H,17,18). The van der Waals surface area contributed by atoms with Crippen LogP contribution in [0.2, 0.25) is 0 Å². The number of para-hydroxylation sites is 1. The Kier molecular flexibility index (Phi) is 2.30. The Morgan fingerprint density at radius 3 is 2.11 bits per heavy atom. The van der Waals surface area contributed by atoms with Crippen LogP contribution >= 0.6 is 0 Å². The van der Waals surface area contributed by atoms with Crippen LogP contribution in [0.15, 0.2) is 48.5 Å². The number of aromatic nitrogens is 3. The van der Waals surface area contributed by atoms with Crippen LogP contribution in [0.1, 0.15) is 10.4 Å². The minimum atomic E-state index is -0.994. The van der Waals surface area contributed by atoms with Crippen LogP contribution in [0.25, 0.3) is 16.7 Å². The van der Waals surface area contributed by atoms with Gasteiger partial charge in [0.05, 0.1) is 5.56 Å². The summed E-state index contributed by atoms with van der Waals surface area (Å²) in [5.41, 5.74) is 2.11. The van der Waals surface area contributed by atoms with Gasteiger partial charge in [0.25, 0.3) is 0 Å². The molecule has 88 valence electrons. The lowest BCUT2D eigenvalue weighted by molar-refractivity contribution is 0.0696. The molecule has 3 aromatic rings. The minimum Gasteiger partial charge on any atom is -0.478 e. The lowest BCUT2D eigenvalue weighted by Gasteiger charge is -2.03. The average molecular weight is 239 g/mol. The molecule has 2 aromatic carbocycles. The highest BCUT2D eigenvalue weighted by molar-refractivity contribution is 5.91. The van der Waals surface area contributed by atoms with Gasteiger partial charge >= 0.3 is 5.97 Å². The second-order valence-corrected chi connectivity index (χ2v) is 3.80. The first-order valence-corrected chi connectivity index (χ1v) is 5.40. The molecule has 3 rings (SSSR count). The van der Waals surface area contributed by atoms with E-state index in [4.69, 9.17) is 5.11 Å². The quantitative estimate of drug-likeness (QED) is 0.743.